The van der Waals surface area contributed by atoms with Gasteiger partial charge >= 0.3 is 0 Å². The molecule has 30 heavy (non-hydrogen) atoms. The van der Waals surface area contributed by atoms with Crippen LogP contribution >= 0.6 is 0 Å². The molecule has 2 aromatic carbocycles. The minimum atomic E-state index is -0.528. The highest BCUT2D eigenvalue weighted by atomic mass is 19.1. The summed E-state index contributed by atoms with van der Waals surface area (Å²) in [7, 11) is 0. The number of ether oxygens (including phenoxy) is 1. The zero-order chi connectivity index (χ0) is 21.5. The van der Waals surface area contributed by atoms with E-state index in [0.717, 1.165) is 0 Å². The van der Waals surface area contributed by atoms with E-state index in [4.69, 9.17) is 4.74 Å². The minimum absolute atomic E-state index is 0.104. The SMILES string of the molecule is O=C(CN1CCN(C(=O)COc2cccc([N+](=O)[O-])c2)CC1)Nc1ccc(F)cc1. The lowest BCUT2D eigenvalue weighted by Crippen LogP contribution is -2.51. The maximum Gasteiger partial charge on any atom is 0.273 e. The number of anilines is 1. The molecule has 1 aliphatic heterocycles. The molecule has 0 atom stereocenters. The van der Waals surface area contributed by atoms with Gasteiger partial charge in [0.25, 0.3) is 11.6 Å². The van der Waals surface area contributed by atoms with Crippen LogP contribution in [0.1, 0.15) is 0 Å². The minimum Gasteiger partial charge on any atom is -0.484 e. The molecule has 1 heterocycles. The van der Waals surface area contributed by atoms with Gasteiger partial charge in [-0.15, -0.1) is 0 Å². The summed E-state index contributed by atoms with van der Waals surface area (Å²) in [4.78, 5) is 38.3. The van der Waals surface area contributed by atoms with Crippen molar-refractivity contribution in [1.29, 1.82) is 0 Å². The van der Waals surface area contributed by atoms with E-state index in [9.17, 15) is 24.1 Å². The van der Waals surface area contributed by atoms with Crippen molar-refractivity contribution >= 4 is 23.2 Å². The van der Waals surface area contributed by atoms with Crippen molar-refractivity contribution in [3.05, 3.63) is 64.5 Å². The average molecular weight is 416 g/mol. The highest BCUT2D eigenvalue weighted by molar-refractivity contribution is 5.92. The van der Waals surface area contributed by atoms with Gasteiger partial charge in [0.15, 0.2) is 6.61 Å². The van der Waals surface area contributed by atoms with Gasteiger partial charge in [0, 0.05) is 37.9 Å². The molecule has 3 rings (SSSR count). The van der Waals surface area contributed by atoms with Crippen LogP contribution < -0.4 is 10.1 Å². The van der Waals surface area contributed by atoms with Crippen molar-refractivity contribution in [2.24, 2.45) is 0 Å². The highest BCUT2D eigenvalue weighted by Crippen LogP contribution is 2.19. The number of nitrogens with one attached hydrogen (secondary N) is 1. The summed E-state index contributed by atoms with van der Waals surface area (Å²) >= 11 is 0. The highest BCUT2D eigenvalue weighted by Gasteiger charge is 2.23. The van der Waals surface area contributed by atoms with E-state index in [1.54, 1.807) is 11.0 Å². The summed E-state index contributed by atoms with van der Waals surface area (Å²) in [6, 6.07) is 11.2. The van der Waals surface area contributed by atoms with Gasteiger partial charge in [-0.1, -0.05) is 6.07 Å². The molecule has 0 bridgehead atoms. The average Bonchev–Trinajstić information content (AvgIpc) is 2.74. The third kappa shape index (κ3) is 5.98. The Kier molecular flexibility index (Phi) is 6.91. The van der Waals surface area contributed by atoms with E-state index in [0.29, 0.717) is 31.9 Å². The first-order valence-electron chi connectivity index (χ1n) is 9.33. The monoisotopic (exact) mass is 416 g/mol. The lowest BCUT2D eigenvalue weighted by molar-refractivity contribution is -0.384. The fourth-order valence-corrected chi connectivity index (χ4v) is 3.02. The maximum absolute atomic E-state index is 12.9. The first-order valence-corrected chi connectivity index (χ1v) is 9.33. The van der Waals surface area contributed by atoms with Gasteiger partial charge in [-0.2, -0.15) is 0 Å². The molecule has 0 aliphatic carbocycles. The number of hydrogen-bond acceptors (Lipinski definition) is 6. The van der Waals surface area contributed by atoms with E-state index < -0.39 is 4.92 Å². The van der Waals surface area contributed by atoms with Crippen molar-refractivity contribution in [2.45, 2.75) is 0 Å². The Morgan fingerprint density at radius 3 is 2.47 bits per heavy atom. The Bertz CT molecular complexity index is 914. The van der Waals surface area contributed by atoms with Gasteiger partial charge in [-0.05, 0) is 30.3 Å². The van der Waals surface area contributed by atoms with E-state index in [-0.39, 0.29) is 42.2 Å². The van der Waals surface area contributed by atoms with Crippen molar-refractivity contribution in [3.63, 3.8) is 0 Å². The molecule has 0 radical (unpaired) electrons. The van der Waals surface area contributed by atoms with E-state index in [1.807, 2.05) is 4.90 Å². The Morgan fingerprint density at radius 1 is 1.10 bits per heavy atom. The summed E-state index contributed by atoms with van der Waals surface area (Å²) in [6.07, 6.45) is 0. The second-order valence-corrected chi connectivity index (χ2v) is 6.76. The van der Waals surface area contributed by atoms with Crippen LogP contribution in [-0.2, 0) is 9.59 Å². The van der Waals surface area contributed by atoms with Crippen LogP contribution in [-0.4, -0.2) is 65.9 Å². The van der Waals surface area contributed by atoms with Gasteiger partial charge in [-0.3, -0.25) is 24.6 Å². The van der Waals surface area contributed by atoms with Gasteiger partial charge in [0.1, 0.15) is 11.6 Å². The standard InChI is InChI=1S/C20H21FN4O5/c21-15-4-6-16(7-5-15)22-19(26)13-23-8-10-24(11-9-23)20(27)14-30-18-3-1-2-17(12-18)25(28)29/h1-7,12H,8-11,13-14H2,(H,22,26). The molecule has 1 aliphatic rings. The molecular weight excluding hydrogens is 395 g/mol. The molecule has 158 valence electrons. The number of nitrogens with zero attached hydrogens (tertiary/aromatic N) is 3. The molecule has 0 saturated carbocycles. The maximum atomic E-state index is 12.9. The van der Waals surface area contributed by atoms with Crippen LogP contribution in [0.3, 0.4) is 0 Å². The number of nitro groups is 1. The summed E-state index contributed by atoms with van der Waals surface area (Å²) in [5, 5.41) is 13.5. The van der Waals surface area contributed by atoms with Gasteiger partial charge in [0.2, 0.25) is 5.91 Å². The smallest absolute Gasteiger partial charge is 0.273 e. The van der Waals surface area contributed by atoms with Crippen molar-refractivity contribution in [2.75, 3.05) is 44.6 Å². The molecule has 0 spiro atoms. The topological polar surface area (TPSA) is 105 Å². The fraction of sp³-hybridized carbons (Fsp3) is 0.300. The first kappa shape index (κ1) is 21.2. The number of nitro benzene ring substituents is 1. The van der Waals surface area contributed by atoms with Crippen LogP contribution in [0, 0.1) is 15.9 Å². The van der Waals surface area contributed by atoms with Crippen LogP contribution in [0.4, 0.5) is 15.8 Å². The molecular formula is C20H21FN4O5. The zero-order valence-corrected chi connectivity index (χ0v) is 16.1. The molecule has 10 heteroatoms. The predicted molar refractivity (Wildman–Crippen MR) is 107 cm³/mol. The quantitative estimate of drug-likeness (QED) is 0.546. The van der Waals surface area contributed by atoms with E-state index in [2.05, 4.69) is 5.32 Å². The molecule has 0 aromatic heterocycles. The van der Waals surface area contributed by atoms with Gasteiger partial charge < -0.3 is 15.0 Å². The van der Waals surface area contributed by atoms with E-state index in [1.165, 1.54) is 42.5 Å². The number of carbonyl (C=O) groups is 2. The van der Waals surface area contributed by atoms with Crippen LogP contribution in [0.15, 0.2) is 48.5 Å². The predicted octanol–water partition coefficient (Wildman–Crippen LogP) is 1.90. The lowest BCUT2D eigenvalue weighted by Gasteiger charge is -2.34. The summed E-state index contributed by atoms with van der Waals surface area (Å²) in [5.41, 5.74) is 0.418. The number of piperazine rings is 1. The van der Waals surface area contributed by atoms with Crippen molar-refractivity contribution in [1.82, 2.24) is 9.80 Å². The Balaban J connectivity index is 1.40. The van der Waals surface area contributed by atoms with Gasteiger partial charge in [-0.25, -0.2) is 4.39 Å². The third-order valence-corrected chi connectivity index (χ3v) is 4.61. The molecule has 2 aromatic rings. The summed E-state index contributed by atoms with van der Waals surface area (Å²) in [6.45, 7) is 1.90. The zero-order valence-electron chi connectivity index (χ0n) is 16.1. The largest absolute Gasteiger partial charge is 0.484 e. The number of benzene rings is 2. The van der Waals surface area contributed by atoms with Crippen LogP contribution in [0.25, 0.3) is 0 Å². The molecule has 0 unspecified atom stereocenters. The second-order valence-electron chi connectivity index (χ2n) is 6.76. The lowest BCUT2D eigenvalue weighted by atomic mass is 10.3. The normalized spacial score (nSPS) is 14.2. The van der Waals surface area contributed by atoms with Crippen LogP contribution in [0.5, 0.6) is 5.75 Å². The van der Waals surface area contributed by atoms with Crippen molar-refractivity contribution < 1.29 is 23.6 Å². The first-order chi connectivity index (χ1) is 14.4. The van der Waals surface area contributed by atoms with Crippen molar-refractivity contribution in [3.8, 4) is 5.75 Å². The number of rotatable bonds is 7. The number of non-ortho nitro benzene ring substituents is 1. The third-order valence-electron chi connectivity index (χ3n) is 4.61. The Labute approximate surface area is 172 Å². The second kappa shape index (κ2) is 9.79. The summed E-state index contributed by atoms with van der Waals surface area (Å²) in [5.74, 6) is -0.552. The number of halogens is 1. The molecule has 1 fully saturated rings. The number of hydrogen-bond donors (Lipinski definition) is 1. The summed E-state index contributed by atoms with van der Waals surface area (Å²) < 4.78 is 18.3. The molecule has 1 saturated heterocycles. The number of carbonyl (C=O) groups excluding carboxylic acids is 2. The molecule has 9 nitrogen and oxygen atoms in total. The number of amides is 2. The fourth-order valence-electron chi connectivity index (χ4n) is 3.02. The molecule has 1 N–H and O–H groups in total. The Morgan fingerprint density at radius 2 is 1.80 bits per heavy atom. The van der Waals surface area contributed by atoms with Crippen LogP contribution in [0.2, 0.25) is 0 Å². The van der Waals surface area contributed by atoms with E-state index >= 15 is 0 Å². The Hall–Kier alpha value is -3.53. The molecule has 2 amide bonds. The van der Waals surface area contributed by atoms with Gasteiger partial charge in [0.05, 0.1) is 17.5 Å².